The van der Waals surface area contributed by atoms with Crippen molar-refractivity contribution < 1.29 is 19.1 Å². The number of anilines is 1. The maximum absolute atomic E-state index is 12.5. The van der Waals surface area contributed by atoms with E-state index in [9.17, 15) is 9.59 Å². The number of rotatable bonds is 5. The molecule has 1 aliphatic rings. The fourth-order valence-electron chi connectivity index (χ4n) is 2.54. The number of benzene rings is 1. The maximum atomic E-state index is 12.5. The number of ether oxygens (including phenoxy) is 2. The van der Waals surface area contributed by atoms with Crippen LogP contribution in [0, 0.1) is 0 Å². The highest BCUT2D eigenvalue weighted by Crippen LogP contribution is 2.24. The summed E-state index contributed by atoms with van der Waals surface area (Å²) in [5.74, 6) is -0.584. The lowest BCUT2D eigenvalue weighted by molar-refractivity contribution is -0.140. The zero-order chi connectivity index (χ0) is 16.0. The van der Waals surface area contributed by atoms with Gasteiger partial charge in [-0.1, -0.05) is 6.07 Å². The van der Waals surface area contributed by atoms with E-state index in [1.165, 1.54) is 0 Å². The number of hydrogen-bond acceptors (Lipinski definition) is 5. The van der Waals surface area contributed by atoms with Crippen molar-refractivity contribution in [3.05, 3.63) is 29.8 Å². The van der Waals surface area contributed by atoms with Gasteiger partial charge in [0.1, 0.15) is 5.60 Å². The Labute approximate surface area is 142 Å². The van der Waals surface area contributed by atoms with Gasteiger partial charge < -0.3 is 20.1 Å². The molecule has 1 aromatic carbocycles. The fraction of sp³-hybridized carbons (Fsp3) is 0.500. The zero-order valence-corrected chi connectivity index (χ0v) is 14.2. The van der Waals surface area contributed by atoms with Gasteiger partial charge in [0, 0.05) is 12.8 Å². The first-order valence-electron chi connectivity index (χ1n) is 7.46. The molecule has 2 N–H and O–H groups in total. The third kappa shape index (κ3) is 4.67. The standard InChI is InChI=1S/C16H22N2O4.ClH/c1-3-22-14(19)12-5-4-6-13(11-12)18-15(20)16(21-2)7-9-17-10-8-16;/h4-6,11,17H,3,7-10H2,1-2H3,(H,18,20);1H. The molecule has 6 nitrogen and oxygen atoms in total. The third-order valence-corrected chi connectivity index (χ3v) is 3.85. The van der Waals surface area contributed by atoms with Gasteiger partial charge in [0.05, 0.1) is 12.2 Å². The van der Waals surface area contributed by atoms with Crippen molar-refractivity contribution in [2.45, 2.75) is 25.4 Å². The maximum Gasteiger partial charge on any atom is 0.338 e. The first-order valence-corrected chi connectivity index (χ1v) is 7.46. The summed E-state index contributed by atoms with van der Waals surface area (Å²) >= 11 is 0. The lowest BCUT2D eigenvalue weighted by atomic mass is 9.91. The SMILES string of the molecule is CCOC(=O)c1cccc(NC(=O)C2(OC)CCNCC2)c1.Cl. The van der Waals surface area contributed by atoms with Crippen LogP contribution in [0.4, 0.5) is 5.69 Å². The highest BCUT2D eigenvalue weighted by molar-refractivity contribution is 5.99. The number of carbonyl (C=O) groups excluding carboxylic acids is 2. The van der Waals surface area contributed by atoms with Crippen LogP contribution in [0.1, 0.15) is 30.1 Å². The number of methoxy groups -OCH3 is 1. The smallest absolute Gasteiger partial charge is 0.338 e. The van der Waals surface area contributed by atoms with Gasteiger partial charge in [-0.05, 0) is 51.1 Å². The Morgan fingerprint density at radius 3 is 2.61 bits per heavy atom. The first-order chi connectivity index (χ1) is 10.6. The van der Waals surface area contributed by atoms with Crippen molar-refractivity contribution in [2.24, 2.45) is 0 Å². The van der Waals surface area contributed by atoms with Crippen LogP contribution < -0.4 is 10.6 Å². The highest BCUT2D eigenvalue weighted by atomic mass is 35.5. The van der Waals surface area contributed by atoms with E-state index in [0.717, 1.165) is 13.1 Å². The second-order valence-corrected chi connectivity index (χ2v) is 5.20. The summed E-state index contributed by atoms with van der Waals surface area (Å²) < 4.78 is 10.4. The molecular formula is C16H23ClN2O4. The average molecular weight is 343 g/mol. The van der Waals surface area contributed by atoms with E-state index in [1.54, 1.807) is 38.3 Å². The summed E-state index contributed by atoms with van der Waals surface area (Å²) in [7, 11) is 1.56. The molecule has 0 radical (unpaired) electrons. The predicted octanol–water partition coefficient (Wildman–Crippen LogP) is 1.99. The molecule has 0 atom stereocenters. The van der Waals surface area contributed by atoms with Crippen molar-refractivity contribution in [1.82, 2.24) is 5.32 Å². The van der Waals surface area contributed by atoms with Crippen LogP contribution in [0.2, 0.25) is 0 Å². The Balaban J connectivity index is 0.00000264. The molecule has 1 aliphatic heterocycles. The molecule has 0 bridgehead atoms. The Kier molecular flexibility index (Phi) is 7.48. The minimum absolute atomic E-state index is 0. The van der Waals surface area contributed by atoms with Crippen LogP contribution >= 0.6 is 12.4 Å². The summed E-state index contributed by atoms with van der Waals surface area (Å²) in [5, 5.41) is 6.05. The van der Waals surface area contributed by atoms with E-state index in [2.05, 4.69) is 10.6 Å². The summed E-state index contributed by atoms with van der Waals surface area (Å²) in [4.78, 5) is 24.3. The molecule has 1 saturated heterocycles. The van der Waals surface area contributed by atoms with Crippen molar-refractivity contribution in [3.8, 4) is 0 Å². The van der Waals surface area contributed by atoms with E-state index in [0.29, 0.717) is 30.7 Å². The normalized spacial score (nSPS) is 16.1. The molecule has 1 aromatic rings. The lowest BCUT2D eigenvalue weighted by Gasteiger charge is -2.34. The summed E-state index contributed by atoms with van der Waals surface area (Å²) in [6.45, 7) is 3.55. The van der Waals surface area contributed by atoms with Crippen molar-refractivity contribution in [1.29, 1.82) is 0 Å². The minimum atomic E-state index is -0.814. The number of hydrogen-bond donors (Lipinski definition) is 2. The molecular weight excluding hydrogens is 320 g/mol. The van der Waals surface area contributed by atoms with Crippen molar-refractivity contribution in [3.63, 3.8) is 0 Å². The number of piperidine rings is 1. The van der Waals surface area contributed by atoms with E-state index < -0.39 is 11.6 Å². The fourth-order valence-corrected chi connectivity index (χ4v) is 2.54. The van der Waals surface area contributed by atoms with Gasteiger partial charge in [-0.3, -0.25) is 4.79 Å². The number of nitrogens with one attached hydrogen (secondary N) is 2. The third-order valence-electron chi connectivity index (χ3n) is 3.85. The molecule has 0 aliphatic carbocycles. The molecule has 128 valence electrons. The van der Waals surface area contributed by atoms with E-state index >= 15 is 0 Å². The van der Waals surface area contributed by atoms with Gasteiger partial charge in [-0.15, -0.1) is 12.4 Å². The molecule has 0 aromatic heterocycles. The van der Waals surface area contributed by atoms with Gasteiger partial charge in [0.2, 0.25) is 0 Å². The summed E-state index contributed by atoms with van der Waals surface area (Å²) in [6.07, 6.45) is 1.24. The predicted molar refractivity (Wildman–Crippen MR) is 90.1 cm³/mol. The van der Waals surface area contributed by atoms with Gasteiger partial charge in [0.15, 0.2) is 0 Å². The summed E-state index contributed by atoms with van der Waals surface area (Å²) in [5.41, 5.74) is 0.160. The highest BCUT2D eigenvalue weighted by Gasteiger charge is 2.39. The zero-order valence-electron chi connectivity index (χ0n) is 13.4. The largest absolute Gasteiger partial charge is 0.462 e. The lowest BCUT2D eigenvalue weighted by Crippen LogP contribution is -2.51. The molecule has 7 heteroatoms. The molecule has 2 rings (SSSR count). The number of carbonyl (C=O) groups is 2. The molecule has 23 heavy (non-hydrogen) atoms. The second kappa shape index (κ2) is 8.86. The first kappa shape index (κ1) is 19.4. The Hall–Kier alpha value is -1.63. The minimum Gasteiger partial charge on any atom is -0.462 e. The second-order valence-electron chi connectivity index (χ2n) is 5.20. The number of amides is 1. The monoisotopic (exact) mass is 342 g/mol. The number of halogens is 1. The van der Waals surface area contributed by atoms with Crippen LogP contribution in [0.5, 0.6) is 0 Å². The van der Waals surface area contributed by atoms with Crippen LogP contribution in [0.15, 0.2) is 24.3 Å². The van der Waals surface area contributed by atoms with E-state index in [4.69, 9.17) is 9.47 Å². The summed E-state index contributed by atoms with van der Waals surface area (Å²) in [6, 6.07) is 6.72. The quantitative estimate of drug-likeness (QED) is 0.800. The van der Waals surface area contributed by atoms with Crippen LogP contribution in [0.25, 0.3) is 0 Å². The van der Waals surface area contributed by atoms with Gasteiger partial charge >= 0.3 is 5.97 Å². The Bertz CT molecular complexity index is 545. The average Bonchev–Trinajstić information content (AvgIpc) is 2.56. The number of esters is 1. The van der Waals surface area contributed by atoms with Gasteiger partial charge in [0.25, 0.3) is 5.91 Å². The van der Waals surface area contributed by atoms with Crippen LogP contribution in [-0.4, -0.2) is 44.3 Å². The van der Waals surface area contributed by atoms with E-state index in [-0.39, 0.29) is 18.3 Å². The van der Waals surface area contributed by atoms with Crippen LogP contribution in [0.3, 0.4) is 0 Å². The molecule has 0 unspecified atom stereocenters. The molecule has 0 spiro atoms. The van der Waals surface area contributed by atoms with E-state index in [1.807, 2.05) is 0 Å². The molecule has 1 fully saturated rings. The Morgan fingerprint density at radius 1 is 1.30 bits per heavy atom. The molecule has 1 amide bonds. The molecule has 1 heterocycles. The van der Waals surface area contributed by atoms with Gasteiger partial charge in [-0.2, -0.15) is 0 Å². The Morgan fingerprint density at radius 2 is 2.00 bits per heavy atom. The topological polar surface area (TPSA) is 76.7 Å². The van der Waals surface area contributed by atoms with Crippen LogP contribution in [-0.2, 0) is 14.3 Å². The van der Waals surface area contributed by atoms with Gasteiger partial charge in [-0.25, -0.2) is 4.79 Å². The van der Waals surface area contributed by atoms with Crippen molar-refractivity contribution >= 4 is 30.0 Å². The van der Waals surface area contributed by atoms with Crippen molar-refractivity contribution in [2.75, 3.05) is 32.1 Å². The molecule has 0 saturated carbocycles.